The van der Waals surface area contributed by atoms with Crippen LogP contribution in [0.15, 0.2) is 58.1 Å². The van der Waals surface area contributed by atoms with E-state index in [9.17, 15) is 14.4 Å². The van der Waals surface area contributed by atoms with Gasteiger partial charge in [-0.05, 0) is 35.9 Å². The number of benzene rings is 2. The van der Waals surface area contributed by atoms with Crippen LogP contribution in [0.3, 0.4) is 0 Å². The number of alkyl halides is 1. The van der Waals surface area contributed by atoms with E-state index in [1.807, 2.05) is 0 Å². The summed E-state index contributed by atoms with van der Waals surface area (Å²) in [5.74, 6) is -0.227. The van der Waals surface area contributed by atoms with E-state index >= 15 is 0 Å². The zero-order valence-electron chi connectivity index (χ0n) is 15.6. The first kappa shape index (κ1) is 21.0. The molecule has 0 aliphatic heterocycles. The molecule has 0 fully saturated rings. The molecule has 0 radical (unpaired) electrons. The fourth-order valence-electron chi connectivity index (χ4n) is 2.81. The normalized spacial score (nSPS) is 10.7. The summed E-state index contributed by atoms with van der Waals surface area (Å²) >= 11 is 9.24. The van der Waals surface area contributed by atoms with Gasteiger partial charge >= 0.3 is 5.69 Å². The summed E-state index contributed by atoms with van der Waals surface area (Å²) in [6.07, 6.45) is 0.366. The molecule has 3 rings (SSSR count). The van der Waals surface area contributed by atoms with Crippen LogP contribution in [0.2, 0.25) is 5.02 Å². The fourth-order valence-corrected chi connectivity index (χ4v) is 3.31. The molecule has 1 amide bonds. The van der Waals surface area contributed by atoms with Gasteiger partial charge in [0.15, 0.2) is 0 Å². The first-order valence-corrected chi connectivity index (χ1v) is 10.3. The van der Waals surface area contributed by atoms with Crippen LogP contribution in [0, 0.1) is 0 Å². The molecule has 1 aromatic heterocycles. The molecule has 7 nitrogen and oxygen atoms in total. The summed E-state index contributed by atoms with van der Waals surface area (Å²) in [5.41, 5.74) is 1.01. The molecule has 0 saturated heterocycles. The Bertz CT molecular complexity index is 1160. The Morgan fingerprint density at radius 1 is 1.17 bits per heavy atom. The number of nitrogens with one attached hydrogen (secondary N) is 1. The predicted molar refractivity (Wildman–Crippen MR) is 116 cm³/mol. The average Bonchev–Trinajstić information content (AvgIpc) is 2.68. The van der Waals surface area contributed by atoms with Gasteiger partial charge in [0.05, 0.1) is 12.2 Å². The highest BCUT2D eigenvalue weighted by Gasteiger charge is 2.15. The molecular weight excluding hydrogens is 460 g/mol. The number of halogens is 2. The molecular formula is C20H18BrClN4O3. The highest BCUT2D eigenvalue weighted by molar-refractivity contribution is 9.09. The Kier molecular flexibility index (Phi) is 6.66. The zero-order valence-corrected chi connectivity index (χ0v) is 17.9. The zero-order chi connectivity index (χ0) is 21.0. The van der Waals surface area contributed by atoms with Crippen molar-refractivity contribution in [3.05, 3.63) is 85.6 Å². The second kappa shape index (κ2) is 9.19. The van der Waals surface area contributed by atoms with Crippen LogP contribution in [0.5, 0.6) is 0 Å². The van der Waals surface area contributed by atoms with E-state index in [-0.39, 0.29) is 18.1 Å². The van der Waals surface area contributed by atoms with E-state index in [1.54, 1.807) is 48.5 Å². The lowest BCUT2D eigenvalue weighted by Crippen LogP contribution is -2.43. The summed E-state index contributed by atoms with van der Waals surface area (Å²) in [4.78, 5) is 37.3. The quantitative estimate of drug-likeness (QED) is 0.553. The van der Waals surface area contributed by atoms with Crippen LogP contribution >= 0.6 is 27.5 Å². The Morgan fingerprint density at radius 2 is 1.90 bits per heavy atom. The first-order chi connectivity index (χ1) is 13.9. The van der Waals surface area contributed by atoms with Gasteiger partial charge in [0.25, 0.3) is 5.56 Å². The molecule has 1 heterocycles. The summed E-state index contributed by atoms with van der Waals surface area (Å²) < 4.78 is 2.33. The lowest BCUT2D eigenvalue weighted by molar-refractivity contribution is -0.114. The van der Waals surface area contributed by atoms with Crippen molar-refractivity contribution in [3.63, 3.8) is 0 Å². The van der Waals surface area contributed by atoms with E-state index in [2.05, 4.69) is 26.3 Å². The van der Waals surface area contributed by atoms with Gasteiger partial charge in [0.1, 0.15) is 5.69 Å². The summed E-state index contributed by atoms with van der Waals surface area (Å²) in [7, 11) is 0. The lowest BCUT2D eigenvalue weighted by Gasteiger charge is -2.13. The maximum atomic E-state index is 13.1. The fraction of sp³-hybridized carbons (Fsp3) is 0.200. The average molecular weight is 478 g/mol. The second-order valence-corrected chi connectivity index (χ2v) is 7.56. The SMILES string of the molecule is CC(=O)Nc1cccc(-n2nc(CCBr)c(=O)n(Cc3ccc(Cl)cc3)c2=O)c1. The Balaban J connectivity index is 2.14. The number of rotatable bonds is 6. The third-order valence-corrected chi connectivity index (χ3v) is 4.77. The van der Waals surface area contributed by atoms with E-state index < -0.39 is 11.2 Å². The third kappa shape index (κ3) is 5.02. The minimum absolute atomic E-state index is 0.0953. The van der Waals surface area contributed by atoms with Crippen molar-refractivity contribution >= 4 is 39.1 Å². The Hall–Kier alpha value is -2.71. The minimum atomic E-state index is -0.566. The highest BCUT2D eigenvalue weighted by Crippen LogP contribution is 2.13. The molecule has 2 aromatic carbocycles. The number of amides is 1. The molecule has 0 saturated carbocycles. The van der Waals surface area contributed by atoms with Gasteiger partial charge in [0.2, 0.25) is 5.91 Å². The van der Waals surface area contributed by atoms with Gasteiger partial charge in [-0.15, -0.1) is 0 Å². The summed E-state index contributed by atoms with van der Waals surface area (Å²) in [6, 6.07) is 13.7. The number of aryl methyl sites for hydroxylation is 1. The van der Waals surface area contributed by atoms with Crippen molar-refractivity contribution in [2.75, 3.05) is 10.6 Å². The van der Waals surface area contributed by atoms with Gasteiger partial charge in [-0.2, -0.15) is 9.78 Å². The third-order valence-electron chi connectivity index (χ3n) is 4.12. The van der Waals surface area contributed by atoms with Crippen molar-refractivity contribution < 1.29 is 4.79 Å². The Morgan fingerprint density at radius 3 is 2.55 bits per heavy atom. The smallest absolute Gasteiger partial charge is 0.326 e. The number of aromatic nitrogens is 3. The van der Waals surface area contributed by atoms with Gasteiger partial charge < -0.3 is 5.32 Å². The molecule has 29 heavy (non-hydrogen) atoms. The molecule has 0 aliphatic carbocycles. The van der Waals surface area contributed by atoms with Crippen molar-refractivity contribution in [2.24, 2.45) is 0 Å². The van der Waals surface area contributed by atoms with Gasteiger partial charge in [-0.3, -0.25) is 14.2 Å². The summed E-state index contributed by atoms with van der Waals surface area (Å²) in [5, 5.41) is 8.05. The van der Waals surface area contributed by atoms with Crippen LogP contribution in [-0.2, 0) is 17.8 Å². The Labute approximate surface area is 180 Å². The van der Waals surface area contributed by atoms with E-state index in [1.165, 1.54) is 11.6 Å². The maximum absolute atomic E-state index is 13.1. The summed E-state index contributed by atoms with van der Waals surface area (Å²) in [6.45, 7) is 1.50. The molecule has 0 aliphatic rings. The first-order valence-electron chi connectivity index (χ1n) is 8.80. The molecule has 0 atom stereocenters. The number of anilines is 1. The molecule has 0 unspecified atom stereocenters. The van der Waals surface area contributed by atoms with E-state index in [0.29, 0.717) is 28.1 Å². The number of hydrogen-bond acceptors (Lipinski definition) is 4. The minimum Gasteiger partial charge on any atom is -0.326 e. The number of carbonyl (C=O) groups is 1. The van der Waals surface area contributed by atoms with Crippen LogP contribution in [-0.4, -0.2) is 25.6 Å². The van der Waals surface area contributed by atoms with Crippen molar-refractivity contribution in [3.8, 4) is 5.69 Å². The monoisotopic (exact) mass is 476 g/mol. The topological polar surface area (TPSA) is 86.0 Å². The van der Waals surface area contributed by atoms with Crippen LogP contribution < -0.4 is 16.6 Å². The maximum Gasteiger partial charge on any atom is 0.352 e. The largest absolute Gasteiger partial charge is 0.352 e. The molecule has 150 valence electrons. The molecule has 3 aromatic rings. The standard InChI is InChI=1S/C20H18BrClN4O3/c1-13(27)23-16-3-2-4-17(11-16)26-20(29)25(19(28)18(24-26)9-10-21)12-14-5-7-15(22)8-6-14/h2-8,11H,9-10,12H2,1H3,(H,23,27). The molecule has 1 N–H and O–H groups in total. The van der Waals surface area contributed by atoms with Crippen molar-refractivity contribution in [2.45, 2.75) is 19.9 Å². The van der Waals surface area contributed by atoms with Crippen molar-refractivity contribution in [1.82, 2.24) is 14.3 Å². The van der Waals surface area contributed by atoms with Gasteiger partial charge in [-0.25, -0.2) is 4.79 Å². The second-order valence-electron chi connectivity index (χ2n) is 6.33. The number of nitrogens with zero attached hydrogens (tertiary/aromatic N) is 3. The highest BCUT2D eigenvalue weighted by atomic mass is 79.9. The van der Waals surface area contributed by atoms with Crippen molar-refractivity contribution in [1.29, 1.82) is 0 Å². The molecule has 0 bridgehead atoms. The lowest BCUT2D eigenvalue weighted by atomic mass is 10.2. The molecule has 0 spiro atoms. The van der Waals surface area contributed by atoms with Gasteiger partial charge in [0, 0.05) is 29.4 Å². The predicted octanol–water partition coefficient (Wildman–Crippen LogP) is 2.99. The van der Waals surface area contributed by atoms with E-state index in [4.69, 9.17) is 11.6 Å². The molecule has 9 heteroatoms. The van der Waals surface area contributed by atoms with Gasteiger partial charge in [-0.1, -0.05) is 45.7 Å². The van der Waals surface area contributed by atoms with E-state index in [0.717, 1.165) is 10.1 Å². The van der Waals surface area contributed by atoms with Crippen LogP contribution in [0.4, 0.5) is 5.69 Å². The van der Waals surface area contributed by atoms with Crippen LogP contribution in [0.1, 0.15) is 18.2 Å². The number of carbonyl (C=O) groups excluding carboxylic acids is 1. The van der Waals surface area contributed by atoms with Crippen LogP contribution in [0.25, 0.3) is 5.69 Å². The number of hydrogen-bond donors (Lipinski definition) is 1.